The first-order chi connectivity index (χ1) is 17.3. The number of imidazole rings is 1. The number of nitrogens with one attached hydrogen (secondary N) is 2. The maximum Gasteiger partial charge on any atom is 0.416 e. The normalized spacial score (nSPS) is 13.7. The third kappa shape index (κ3) is 5.15. The van der Waals surface area contributed by atoms with Crippen molar-refractivity contribution in [1.29, 1.82) is 0 Å². The Balaban J connectivity index is 1.46. The summed E-state index contributed by atoms with van der Waals surface area (Å²) in [5.74, 6) is 0.678. The molecule has 2 aromatic carbocycles. The summed E-state index contributed by atoms with van der Waals surface area (Å²) >= 11 is 0. The monoisotopic (exact) mass is 496 g/mol. The Hall–Kier alpha value is -3.99. The first-order valence-corrected chi connectivity index (χ1v) is 11.5. The Bertz CT molecular complexity index is 1380. The van der Waals surface area contributed by atoms with Gasteiger partial charge in [0, 0.05) is 23.7 Å². The average Bonchev–Trinajstić information content (AvgIpc) is 3.60. The fraction of sp³-hybridized carbons (Fsp3) is 0.280. The molecular weight excluding hydrogens is 473 g/mol. The van der Waals surface area contributed by atoms with Crippen LogP contribution in [0.4, 0.5) is 19.0 Å². The van der Waals surface area contributed by atoms with E-state index in [1.165, 1.54) is 12.1 Å². The number of rotatable bonds is 8. The van der Waals surface area contributed by atoms with Crippen molar-refractivity contribution in [2.24, 2.45) is 0 Å². The van der Waals surface area contributed by atoms with E-state index in [9.17, 15) is 23.1 Å². The molecule has 36 heavy (non-hydrogen) atoms. The van der Waals surface area contributed by atoms with Crippen LogP contribution in [0, 0.1) is 0 Å². The van der Waals surface area contributed by atoms with Crippen LogP contribution in [0.3, 0.4) is 0 Å². The van der Waals surface area contributed by atoms with Crippen LogP contribution in [-0.2, 0) is 12.7 Å². The van der Waals surface area contributed by atoms with Crippen LogP contribution in [0.25, 0.3) is 22.6 Å². The van der Waals surface area contributed by atoms with E-state index in [1.54, 1.807) is 35.2 Å². The predicted octanol–water partition coefficient (Wildman–Crippen LogP) is 3.86. The van der Waals surface area contributed by atoms with Gasteiger partial charge in [-0.15, -0.1) is 0 Å². The summed E-state index contributed by atoms with van der Waals surface area (Å²) in [6.07, 6.45) is -0.844. The molecule has 5 rings (SSSR count). The number of hydrogen-bond acceptors (Lipinski definition) is 6. The van der Waals surface area contributed by atoms with Crippen molar-refractivity contribution in [3.05, 3.63) is 71.5 Å². The van der Waals surface area contributed by atoms with Gasteiger partial charge in [-0.3, -0.25) is 4.79 Å². The standard InChI is InChI=1S/C25H23F3N6O2/c26-25(27,28)18-7-1-15(2-8-18)13-34-14-30-20-22(29-11-12-35)32-21(33-23(20)34)16-3-5-17(6-4-16)24(36)31-19-9-10-19/h1-8,14,19,35H,9-13H2,(H,31,36)(H,29,32,33). The number of anilines is 1. The minimum absolute atomic E-state index is 0.113. The molecular formula is C25H23F3N6O2. The zero-order valence-electron chi connectivity index (χ0n) is 19.1. The maximum absolute atomic E-state index is 12.9. The second-order valence-electron chi connectivity index (χ2n) is 8.61. The number of amides is 1. The van der Waals surface area contributed by atoms with Gasteiger partial charge in [0.05, 0.1) is 25.0 Å². The van der Waals surface area contributed by atoms with E-state index >= 15 is 0 Å². The molecule has 4 aromatic rings. The summed E-state index contributed by atoms with van der Waals surface area (Å²) in [6.45, 7) is 0.389. The number of carbonyl (C=O) groups excluding carboxylic acids is 1. The molecule has 1 aliphatic carbocycles. The average molecular weight is 496 g/mol. The van der Waals surface area contributed by atoms with Crippen LogP contribution in [0.5, 0.6) is 0 Å². The lowest BCUT2D eigenvalue weighted by Gasteiger charge is -2.11. The van der Waals surface area contributed by atoms with Gasteiger partial charge in [-0.2, -0.15) is 13.2 Å². The molecule has 3 N–H and O–H groups in total. The van der Waals surface area contributed by atoms with Crippen molar-refractivity contribution in [3.8, 4) is 11.4 Å². The van der Waals surface area contributed by atoms with E-state index in [0.29, 0.717) is 39.5 Å². The number of aliphatic hydroxyl groups is 1. The Labute approximate surface area is 204 Å². The quantitative estimate of drug-likeness (QED) is 0.342. The SMILES string of the molecule is O=C(NC1CC1)c1ccc(-c2nc(NCCO)c3ncn(Cc4ccc(C(F)(F)F)cc4)c3n2)cc1. The van der Waals surface area contributed by atoms with Gasteiger partial charge in [-0.1, -0.05) is 24.3 Å². The van der Waals surface area contributed by atoms with Crippen LogP contribution in [0.15, 0.2) is 54.9 Å². The van der Waals surface area contributed by atoms with Crippen molar-refractivity contribution >= 4 is 22.9 Å². The van der Waals surface area contributed by atoms with Gasteiger partial charge in [0.15, 0.2) is 17.3 Å². The molecule has 1 saturated carbocycles. The highest BCUT2D eigenvalue weighted by molar-refractivity contribution is 5.95. The third-order valence-corrected chi connectivity index (χ3v) is 5.82. The van der Waals surface area contributed by atoms with Gasteiger partial charge in [0.2, 0.25) is 0 Å². The third-order valence-electron chi connectivity index (χ3n) is 5.82. The fourth-order valence-corrected chi connectivity index (χ4v) is 3.75. The maximum atomic E-state index is 12.9. The lowest BCUT2D eigenvalue weighted by Crippen LogP contribution is -2.25. The van der Waals surface area contributed by atoms with Crippen molar-refractivity contribution in [3.63, 3.8) is 0 Å². The van der Waals surface area contributed by atoms with E-state index in [-0.39, 0.29) is 31.6 Å². The van der Waals surface area contributed by atoms with Gasteiger partial charge >= 0.3 is 6.18 Å². The summed E-state index contributed by atoms with van der Waals surface area (Å²) in [5, 5.41) is 15.3. The molecule has 186 valence electrons. The first kappa shape index (κ1) is 23.7. The number of hydrogen-bond donors (Lipinski definition) is 3. The van der Waals surface area contributed by atoms with Crippen LogP contribution in [0.2, 0.25) is 0 Å². The number of nitrogens with zero attached hydrogens (tertiary/aromatic N) is 4. The van der Waals surface area contributed by atoms with Gasteiger partial charge in [0.1, 0.15) is 5.52 Å². The second kappa shape index (κ2) is 9.57. The lowest BCUT2D eigenvalue weighted by molar-refractivity contribution is -0.137. The zero-order chi connectivity index (χ0) is 25.3. The van der Waals surface area contributed by atoms with Gasteiger partial charge in [-0.25, -0.2) is 15.0 Å². The summed E-state index contributed by atoms with van der Waals surface area (Å²) in [6, 6.07) is 12.1. The van der Waals surface area contributed by atoms with Crippen molar-refractivity contribution in [1.82, 2.24) is 24.8 Å². The highest BCUT2D eigenvalue weighted by Gasteiger charge is 2.30. The molecule has 1 amide bonds. The number of alkyl halides is 3. The Morgan fingerprint density at radius 3 is 2.42 bits per heavy atom. The predicted molar refractivity (Wildman–Crippen MR) is 127 cm³/mol. The van der Waals surface area contributed by atoms with E-state index in [2.05, 4.69) is 25.6 Å². The van der Waals surface area contributed by atoms with Gasteiger partial charge in [0.25, 0.3) is 5.91 Å². The minimum Gasteiger partial charge on any atom is -0.395 e. The molecule has 1 aliphatic rings. The van der Waals surface area contributed by atoms with Crippen LogP contribution in [-0.4, -0.2) is 49.7 Å². The van der Waals surface area contributed by atoms with Crippen LogP contribution in [0.1, 0.15) is 34.3 Å². The second-order valence-corrected chi connectivity index (χ2v) is 8.61. The molecule has 1 fully saturated rings. The topological polar surface area (TPSA) is 105 Å². The minimum atomic E-state index is -4.40. The Kier molecular flexibility index (Phi) is 6.31. The molecule has 8 nitrogen and oxygen atoms in total. The Morgan fingerprint density at radius 1 is 1.06 bits per heavy atom. The van der Waals surface area contributed by atoms with Crippen LogP contribution >= 0.6 is 0 Å². The lowest BCUT2D eigenvalue weighted by atomic mass is 10.1. The summed E-state index contributed by atoms with van der Waals surface area (Å²) in [4.78, 5) is 25.9. The molecule has 2 aromatic heterocycles. The number of aliphatic hydroxyl groups excluding tert-OH is 1. The largest absolute Gasteiger partial charge is 0.416 e. The molecule has 0 saturated heterocycles. The molecule has 0 atom stereocenters. The van der Waals surface area contributed by atoms with E-state index < -0.39 is 11.7 Å². The molecule has 0 unspecified atom stereocenters. The Morgan fingerprint density at radius 2 is 1.78 bits per heavy atom. The van der Waals surface area contributed by atoms with E-state index in [4.69, 9.17) is 0 Å². The summed E-state index contributed by atoms with van der Waals surface area (Å²) in [5.41, 5.74) is 2.11. The number of carbonyl (C=O) groups is 1. The van der Waals surface area contributed by atoms with E-state index in [0.717, 1.165) is 25.0 Å². The first-order valence-electron chi connectivity index (χ1n) is 11.5. The van der Waals surface area contributed by atoms with Crippen molar-refractivity contribution in [2.75, 3.05) is 18.5 Å². The number of halogens is 3. The highest BCUT2D eigenvalue weighted by atomic mass is 19.4. The van der Waals surface area contributed by atoms with Gasteiger partial charge in [-0.05, 0) is 42.7 Å². The summed E-state index contributed by atoms with van der Waals surface area (Å²) in [7, 11) is 0. The fourth-order valence-electron chi connectivity index (χ4n) is 3.75. The number of fused-ring (bicyclic) bond motifs is 1. The highest BCUT2D eigenvalue weighted by Crippen LogP contribution is 2.30. The number of aromatic nitrogens is 4. The molecule has 0 aliphatic heterocycles. The molecule has 0 bridgehead atoms. The summed E-state index contributed by atoms with van der Waals surface area (Å²) < 4.78 is 40.4. The van der Waals surface area contributed by atoms with Crippen molar-refractivity contribution in [2.45, 2.75) is 31.6 Å². The zero-order valence-corrected chi connectivity index (χ0v) is 19.1. The molecule has 0 radical (unpaired) electrons. The van der Waals surface area contributed by atoms with Gasteiger partial charge < -0.3 is 20.3 Å². The number of benzene rings is 2. The van der Waals surface area contributed by atoms with E-state index in [1.807, 2.05) is 0 Å². The molecule has 0 spiro atoms. The van der Waals surface area contributed by atoms with Crippen molar-refractivity contribution < 1.29 is 23.1 Å². The molecule has 2 heterocycles. The smallest absolute Gasteiger partial charge is 0.395 e. The molecule has 11 heteroatoms. The van der Waals surface area contributed by atoms with Crippen LogP contribution < -0.4 is 10.6 Å².